The molecular formula is C13H17F3O2. The summed E-state index contributed by atoms with van der Waals surface area (Å²) < 4.78 is 40.5. The fourth-order valence-electron chi connectivity index (χ4n) is 1.59. The molecule has 0 bridgehead atoms. The maximum atomic E-state index is 11.9. The largest absolute Gasteiger partial charge is 0.391 e. The lowest BCUT2D eigenvalue weighted by Crippen LogP contribution is -2.15. The van der Waals surface area contributed by atoms with E-state index in [1.54, 1.807) is 0 Å². The van der Waals surface area contributed by atoms with Gasteiger partial charge in [0.15, 0.2) is 0 Å². The number of alkyl halides is 3. The Labute approximate surface area is 104 Å². The molecule has 5 heteroatoms. The number of benzene rings is 1. The molecule has 0 aliphatic carbocycles. The molecule has 0 aliphatic heterocycles. The number of hydrogen-bond acceptors (Lipinski definition) is 2. The molecular weight excluding hydrogens is 245 g/mol. The Morgan fingerprint density at radius 1 is 1.28 bits per heavy atom. The lowest BCUT2D eigenvalue weighted by molar-refractivity contribution is -0.147. The second kappa shape index (κ2) is 6.20. The van der Waals surface area contributed by atoms with E-state index in [0.717, 1.165) is 11.1 Å². The van der Waals surface area contributed by atoms with Crippen molar-refractivity contribution in [2.24, 2.45) is 0 Å². The first-order valence-electron chi connectivity index (χ1n) is 5.69. The van der Waals surface area contributed by atoms with Crippen LogP contribution < -0.4 is 0 Å². The van der Waals surface area contributed by atoms with Crippen molar-refractivity contribution in [3.8, 4) is 0 Å². The van der Waals surface area contributed by atoms with Crippen molar-refractivity contribution < 1.29 is 23.0 Å². The highest BCUT2D eigenvalue weighted by molar-refractivity contribution is 5.32. The molecule has 1 rings (SSSR count). The zero-order valence-corrected chi connectivity index (χ0v) is 10.4. The fourth-order valence-corrected chi connectivity index (χ4v) is 1.59. The van der Waals surface area contributed by atoms with Crippen molar-refractivity contribution in [1.82, 2.24) is 0 Å². The van der Waals surface area contributed by atoms with E-state index in [1.165, 1.54) is 0 Å². The molecule has 0 aliphatic rings. The van der Waals surface area contributed by atoms with E-state index in [1.807, 2.05) is 32.0 Å². The van der Waals surface area contributed by atoms with Crippen LogP contribution in [0.25, 0.3) is 0 Å². The third-order valence-electron chi connectivity index (χ3n) is 2.60. The van der Waals surface area contributed by atoms with Crippen molar-refractivity contribution in [1.29, 1.82) is 0 Å². The Hall–Kier alpha value is -1.07. The minimum absolute atomic E-state index is 0.125. The molecule has 0 heterocycles. The van der Waals surface area contributed by atoms with Crippen molar-refractivity contribution in [2.75, 3.05) is 13.2 Å². The quantitative estimate of drug-likeness (QED) is 0.825. The predicted molar refractivity (Wildman–Crippen MR) is 62.4 cm³/mol. The number of hydrogen-bond donors (Lipinski definition) is 1. The van der Waals surface area contributed by atoms with Crippen LogP contribution in [-0.2, 0) is 4.74 Å². The Balaban J connectivity index is 2.45. The van der Waals surface area contributed by atoms with E-state index in [-0.39, 0.29) is 6.61 Å². The zero-order chi connectivity index (χ0) is 13.8. The monoisotopic (exact) mass is 262 g/mol. The van der Waals surface area contributed by atoms with Gasteiger partial charge in [-0.1, -0.05) is 23.8 Å². The SMILES string of the molecule is Cc1ccc(C)c(C(O)COCCC(F)(F)F)c1. The summed E-state index contributed by atoms with van der Waals surface area (Å²) in [6, 6.07) is 5.59. The van der Waals surface area contributed by atoms with Gasteiger partial charge in [0.25, 0.3) is 0 Å². The van der Waals surface area contributed by atoms with Gasteiger partial charge < -0.3 is 9.84 Å². The Morgan fingerprint density at radius 3 is 2.56 bits per heavy atom. The third kappa shape index (κ3) is 5.06. The van der Waals surface area contributed by atoms with Gasteiger partial charge in [0.1, 0.15) is 6.10 Å². The molecule has 1 atom stereocenters. The van der Waals surface area contributed by atoms with Crippen LogP contribution in [0.2, 0.25) is 0 Å². The molecule has 1 aromatic rings. The predicted octanol–water partition coefficient (Wildman–Crippen LogP) is 3.31. The normalized spacial score (nSPS) is 13.7. The summed E-state index contributed by atoms with van der Waals surface area (Å²) in [6.45, 7) is 3.18. The molecule has 2 nitrogen and oxygen atoms in total. The fraction of sp³-hybridized carbons (Fsp3) is 0.538. The summed E-state index contributed by atoms with van der Waals surface area (Å²) in [5.41, 5.74) is 2.58. The molecule has 0 aromatic heterocycles. The summed E-state index contributed by atoms with van der Waals surface area (Å²) in [5.74, 6) is 0. The van der Waals surface area contributed by atoms with Crippen LogP contribution in [0, 0.1) is 13.8 Å². The van der Waals surface area contributed by atoms with Crippen molar-refractivity contribution in [3.05, 3.63) is 34.9 Å². The first-order chi connectivity index (χ1) is 8.29. The minimum atomic E-state index is -4.22. The highest BCUT2D eigenvalue weighted by Gasteiger charge is 2.26. The Bertz CT molecular complexity index is 388. The second-order valence-electron chi connectivity index (χ2n) is 4.32. The summed E-state index contributed by atoms with van der Waals surface area (Å²) in [4.78, 5) is 0. The van der Waals surface area contributed by atoms with Crippen LogP contribution in [-0.4, -0.2) is 24.5 Å². The standard InChI is InChI=1S/C13H17F3O2/c1-9-3-4-10(2)11(7-9)12(17)8-18-6-5-13(14,15)16/h3-4,7,12,17H,5-6,8H2,1-2H3. The zero-order valence-electron chi connectivity index (χ0n) is 10.4. The first-order valence-corrected chi connectivity index (χ1v) is 5.69. The van der Waals surface area contributed by atoms with Crippen molar-refractivity contribution >= 4 is 0 Å². The molecule has 0 fully saturated rings. The molecule has 0 spiro atoms. The molecule has 1 N–H and O–H groups in total. The van der Waals surface area contributed by atoms with Gasteiger partial charge in [-0.05, 0) is 25.0 Å². The maximum Gasteiger partial charge on any atom is 0.391 e. The average Bonchev–Trinajstić information content (AvgIpc) is 2.26. The highest BCUT2D eigenvalue weighted by Crippen LogP contribution is 2.21. The number of aliphatic hydroxyl groups is 1. The Kier molecular flexibility index (Phi) is 5.16. The van der Waals surface area contributed by atoms with Gasteiger partial charge in [0.05, 0.1) is 19.6 Å². The van der Waals surface area contributed by atoms with Gasteiger partial charge in [-0.3, -0.25) is 0 Å². The Morgan fingerprint density at radius 2 is 1.94 bits per heavy atom. The third-order valence-corrected chi connectivity index (χ3v) is 2.60. The van der Waals surface area contributed by atoms with Crippen LogP contribution in [0.4, 0.5) is 13.2 Å². The lowest BCUT2D eigenvalue weighted by atomic mass is 10.0. The van der Waals surface area contributed by atoms with Gasteiger partial charge in [-0.15, -0.1) is 0 Å². The molecule has 102 valence electrons. The molecule has 0 saturated heterocycles. The van der Waals surface area contributed by atoms with Gasteiger partial charge in [-0.25, -0.2) is 0 Å². The molecule has 1 unspecified atom stereocenters. The van der Waals surface area contributed by atoms with E-state index < -0.39 is 25.3 Å². The van der Waals surface area contributed by atoms with Crippen LogP contribution >= 0.6 is 0 Å². The number of ether oxygens (including phenoxy) is 1. The van der Waals surface area contributed by atoms with Crippen LogP contribution in [0.5, 0.6) is 0 Å². The topological polar surface area (TPSA) is 29.5 Å². The minimum Gasteiger partial charge on any atom is -0.386 e. The molecule has 1 aromatic carbocycles. The molecule has 0 radical (unpaired) electrons. The molecule has 0 amide bonds. The summed E-state index contributed by atoms with van der Waals surface area (Å²) in [6.07, 6.45) is -6.10. The number of rotatable bonds is 5. The summed E-state index contributed by atoms with van der Waals surface area (Å²) in [5, 5.41) is 9.85. The van der Waals surface area contributed by atoms with Crippen LogP contribution in [0.3, 0.4) is 0 Å². The second-order valence-corrected chi connectivity index (χ2v) is 4.32. The van der Waals surface area contributed by atoms with E-state index in [9.17, 15) is 18.3 Å². The lowest BCUT2D eigenvalue weighted by Gasteiger charge is -2.15. The number of aryl methyl sites for hydroxylation is 2. The van der Waals surface area contributed by atoms with Crippen molar-refractivity contribution in [2.45, 2.75) is 32.5 Å². The number of aliphatic hydroxyl groups excluding tert-OH is 1. The van der Waals surface area contributed by atoms with E-state index >= 15 is 0 Å². The van der Waals surface area contributed by atoms with E-state index in [4.69, 9.17) is 4.74 Å². The average molecular weight is 262 g/mol. The summed E-state index contributed by atoms with van der Waals surface area (Å²) in [7, 11) is 0. The van der Waals surface area contributed by atoms with Gasteiger partial charge >= 0.3 is 6.18 Å². The van der Waals surface area contributed by atoms with E-state index in [2.05, 4.69) is 0 Å². The van der Waals surface area contributed by atoms with Crippen LogP contribution in [0.15, 0.2) is 18.2 Å². The molecule has 18 heavy (non-hydrogen) atoms. The van der Waals surface area contributed by atoms with E-state index in [0.29, 0.717) is 5.56 Å². The van der Waals surface area contributed by atoms with Gasteiger partial charge in [-0.2, -0.15) is 13.2 Å². The molecule has 0 saturated carbocycles. The van der Waals surface area contributed by atoms with Crippen molar-refractivity contribution in [3.63, 3.8) is 0 Å². The first kappa shape index (κ1) is 15.0. The maximum absolute atomic E-state index is 11.9. The highest BCUT2D eigenvalue weighted by atomic mass is 19.4. The smallest absolute Gasteiger partial charge is 0.386 e. The van der Waals surface area contributed by atoms with Gasteiger partial charge in [0, 0.05) is 0 Å². The van der Waals surface area contributed by atoms with Crippen LogP contribution in [0.1, 0.15) is 29.2 Å². The summed E-state index contributed by atoms with van der Waals surface area (Å²) >= 11 is 0. The van der Waals surface area contributed by atoms with Gasteiger partial charge in [0.2, 0.25) is 0 Å². The number of halogens is 3.